The predicted octanol–water partition coefficient (Wildman–Crippen LogP) is 5.14. The maximum atomic E-state index is 13.2. The van der Waals surface area contributed by atoms with E-state index in [2.05, 4.69) is 50.0 Å². The monoisotopic (exact) mass is 330 g/mol. The average molecular weight is 330 g/mol. The van der Waals surface area contributed by atoms with Crippen LogP contribution in [-0.2, 0) is 10.2 Å². The van der Waals surface area contributed by atoms with Crippen molar-refractivity contribution < 1.29 is 4.79 Å². The zero-order valence-corrected chi connectivity index (χ0v) is 15.1. The summed E-state index contributed by atoms with van der Waals surface area (Å²) in [6, 6.07) is 16.4. The Hall–Kier alpha value is -2.68. The second-order valence-electron chi connectivity index (χ2n) is 7.52. The van der Waals surface area contributed by atoms with Crippen LogP contribution in [0, 0.1) is 12.8 Å². The third-order valence-corrected chi connectivity index (χ3v) is 5.59. The van der Waals surface area contributed by atoms with Crippen molar-refractivity contribution in [2.24, 2.45) is 5.92 Å². The lowest BCUT2D eigenvalue weighted by Crippen LogP contribution is -2.46. The Bertz CT molecular complexity index is 990. The van der Waals surface area contributed by atoms with Crippen LogP contribution in [0.3, 0.4) is 0 Å². The smallest absolute Gasteiger partial charge is 0.235 e. The molecule has 1 amide bonds. The molecule has 0 N–H and O–H groups in total. The van der Waals surface area contributed by atoms with Crippen LogP contribution >= 0.6 is 0 Å². The van der Waals surface area contributed by atoms with Crippen LogP contribution in [0.5, 0.6) is 0 Å². The maximum absolute atomic E-state index is 13.2. The number of nitrogens with zero attached hydrogens (tertiary/aromatic N) is 2. The Labute approximate surface area is 148 Å². The van der Waals surface area contributed by atoms with E-state index in [0.717, 1.165) is 22.3 Å². The topological polar surface area (TPSA) is 33.2 Å². The lowest BCUT2D eigenvalue weighted by molar-refractivity contribution is -0.123. The van der Waals surface area contributed by atoms with Gasteiger partial charge in [0.05, 0.1) is 23.1 Å². The van der Waals surface area contributed by atoms with E-state index < -0.39 is 0 Å². The Kier molecular flexibility index (Phi) is 3.43. The van der Waals surface area contributed by atoms with Crippen LogP contribution in [0.2, 0.25) is 0 Å². The number of pyridine rings is 1. The fraction of sp³-hybridized carbons (Fsp3) is 0.273. The minimum Gasteiger partial charge on any atom is -0.279 e. The molecular weight excluding hydrogens is 308 g/mol. The van der Waals surface area contributed by atoms with Gasteiger partial charge in [0, 0.05) is 16.7 Å². The fourth-order valence-corrected chi connectivity index (χ4v) is 3.66. The first kappa shape index (κ1) is 15.8. The molecule has 0 fully saturated rings. The molecule has 3 aromatic rings. The van der Waals surface area contributed by atoms with Crippen LogP contribution < -0.4 is 4.90 Å². The summed E-state index contributed by atoms with van der Waals surface area (Å²) >= 11 is 0. The zero-order chi connectivity index (χ0) is 17.8. The number of para-hydroxylation sites is 1. The largest absolute Gasteiger partial charge is 0.279 e. The standard InChI is InChI=1S/C22H22N2O/c1-14-9-10-20-18(11-14)22(3,4)15(2)21(25)24(20)17-12-16-7-5-6-8-19(16)23-13-17/h5-13,15H,1-4H3. The Balaban J connectivity index is 1.95. The molecular formula is C22H22N2O. The number of hydrogen-bond donors (Lipinski definition) is 0. The molecule has 2 heterocycles. The lowest BCUT2D eigenvalue weighted by atomic mass is 9.70. The van der Waals surface area contributed by atoms with Gasteiger partial charge >= 0.3 is 0 Å². The van der Waals surface area contributed by atoms with Crippen molar-refractivity contribution in [3.8, 4) is 0 Å². The summed E-state index contributed by atoms with van der Waals surface area (Å²) in [4.78, 5) is 19.6. The molecule has 0 bridgehead atoms. The van der Waals surface area contributed by atoms with Crippen LogP contribution in [0.1, 0.15) is 31.9 Å². The van der Waals surface area contributed by atoms with E-state index in [4.69, 9.17) is 0 Å². The van der Waals surface area contributed by atoms with Crippen molar-refractivity contribution in [1.82, 2.24) is 4.98 Å². The number of anilines is 2. The SMILES string of the molecule is Cc1ccc2c(c1)C(C)(C)C(C)C(=O)N2c1cnc2ccccc2c1. The van der Waals surface area contributed by atoms with E-state index >= 15 is 0 Å². The molecule has 0 saturated carbocycles. The molecule has 1 aliphatic rings. The van der Waals surface area contributed by atoms with Gasteiger partial charge in [-0.3, -0.25) is 14.7 Å². The highest BCUT2D eigenvalue weighted by atomic mass is 16.2. The molecule has 0 saturated heterocycles. The number of rotatable bonds is 1. The van der Waals surface area contributed by atoms with Gasteiger partial charge in [0.1, 0.15) is 0 Å². The van der Waals surface area contributed by atoms with Crippen molar-refractivity contribution in [2.45, 2.75) is 33.1 Å². The molecule has 0 spiro atoms. The Morgan fingerprint density at radius 1 is 1.08 bits per heavy atom. The first-order valence-corrected chi connectivity index (χ1v) is 8.69. The number of fused-ring (bicyclic) bond motifs is 2. The van der Waals surface area contributed by atoms with Crippen LogP contribution in [-0.4, -0.2) is 10.9 Å². The second-order valence-corrected chi connectivity index (χ2v) is 7.52. The number of amides is 1. The van der Waals surface area contributed by atoms with E-state index in [-0.39, 0.29) is 17.2 Å². The molecule has 4 rings (SSSR count). The molecule has 2 aromatic carbocycles. The molecule has 0 radical (unpaired) electrons. The van der Waals surface area contributed by atoms with Crippen molar-refractivity contribution >= 4 is 28.2 Å². The van der Waals surface area contributed by atoms with Crippen LogP contribution in [0.25, 0.3) is 10.9 Å². The van der Waals surface area contributed by atoms with Gasteiger partial charge in [-0.2, -0.15) is 0 Å². The van der Waals surface area contributed by atoms with E-state index in [1.54, 1.807) is 6.20 Å². The summed E-state index contributed by atoms with van der Waals surface area (Å²) in [5.41, 5.74) is 4.97. The summed E-state index contributed by atoms with van der Waals surface area (Å²) in [6.45, 7) is 8.43. The highest BCUT2D eigenvalue weighted by Crippen LogP contribution is 2.46. The molecule has 3 nitrogen and oxygen atoms in total. The van der Waals surface area contributed by atoms with Crippen LogP contribution in [0.15, 0.2) is 54.7 Å². The van der Waals surface area contributed by atoms with Gasteiger partial charge in [-0.05, 0) is 30.7 Å². The summed E-state index contributed by atoms with van der Waals surface area (Å²) in [5.74, 6) is 0.0201. The molecule has 3 heteroatoms. The molecule has 25 heavy (non-hydrogen) atoms. The number of carbonyl (C=O) groups excluding carboxylic acids is 1. The average Bonchev–Trinajstić information content (AvgIpc) is 2.61. The third kappa shape index (κ3) is 2.34. The Morgan fingerprint density at radius 3 is 2.64 bits per heavy atom. The number of aromatic nitrogens is 1. The summed E-state index contributed by atoms with van der Waals surface area (Å²) in [6.07, 6.45) is 1.80. The van der Waals surface area contributed by atoms with Crippen molar-refractivity contribution in [3.05, 3.63) is 65.9 Å². The fourth-order valence-electron chi connectivity index (χ4n) is 3.66. The minimum absolute atomic E-state index is 0.103. The minimum atomic E-state index is -0.195. The van der Waals surface area contributed by atoms with Crippen molar-refractivity contribution in [2.75, 3.05) is 4.90 Å². The first-order valence-electron chi connectivity index (χ1n) is 8.69. The normalized spacial score (nSPS) is 19.1. The quantitative estimate of drug-likeness (QED) is 0.619. The van der Waals surface area contributed by atoms with Gasteiger partial charge in [-0.1, -0.05) is 56.7 Å². The molecule has 126 valence electrons. The lowest BCUT2D eigenvalue weighted by Gasteiger charge is -2.43. The van der Waals surface area contributed by atoms with Gasteiger partial charge in [0.25, 0.3) is 0 Å². The molecule has 1 aromatic heterocycles. The number of carbonyl (C=O) groups is 1. The Morgan fingerprint density at radius 2 is 1.84 bits per heavy atom. The van der Waals surface area contributed by atoms with Gasteiger partial charge in [0.15, 0.2) is 0 Å². The van der Waals surface area contributed by atoms with Gasteiger partial charge in [0.2, 0.25) is 5.91 Å². The summed E-state index contributed by atoms with van der Waals surface area (Å²) in [7, 11) is 0. The second kappa shape index (κ2) is 5.41. The molecule has 1 atom stereocenters. The van der Waals surface area contributed by atoms with Crippen molar-refractivity contribution in [1.29, 1.82) is 0 Å². The van der Waals surface area contributed by atoms with Gasteiger partial charge in [-0.15, -0.1) is 0 Å². The van der Waals surface area contributed by atoms with Crippen LogP contribution in [0.4, 0.5) is 11.4 Å². The molecule has 1 unspecified atom stereocenters. The zero-order valence-electron chi connectivity index (χ0n) is 15.1. The van der Waals surface area contributed by atoms with E-state index in [1.165, 1.54) is 11.1 Å². The number of hydrogen-bond acceptors (Lipinski definition) is 2. The van der Waals surface area contributed by atoms with E-state index in [1.807, 2.05) is 36.1 Å². The number of aryl methyl sites for hydroxylation is 1. The van der Waals surface area contributed by atoms with Gasteiger partial charge in [-0.25, -0.2) is 0 Å². The maximum Gasteiger partial charge on any atom is 0.235 e. The van der Waals surface area contributed by atoms with Gasteiger partial charge < -0.3 is 0 Å². The molecule has 1 aliphatic heterocycles. The molecule has 0 aliphatic carbocycles. The summed E-state index contributed by atoms with van der Waals surface area (Å²) < 4.78 is 0. The first-order chi connectivity index (χ1) is 11.9. The predicted molar refractivity (Wildman–Crippen MR) is 102 cm³/mol. The third-order valence-electron chi connectivity index (χ3n) is 5.59. The highest BCUT2D eigenvalue weighted by Gasteiger charge is 2.43. The van der Waals surface area contributed by atoms with E-state index in [0.29, 0.717) is 0 Å². The van der Waals surface area contributed by atoms with Crippen molar-refractivity contribution in [3.63, 3.8) is 0 Å². The summed E-state index contributed by atoms with van der Waals surface area (Å²) in [5, 5.41) is 1.04. The highest BCUT2D eigenvalue weighted by molar-refractivity contribution is 6.06. The number of benzene rings is 2. The van der Waals surface area contributed by atoms with E-state index in [9.17, 15) is 4.79 Å².